The first-order valence-electron chi connectivity index (χ1n) is 5.15. The van der Waals surface area contributed by atoms with E-state index < -0.39 is 18.2 Å². The van der Waals surface area contributed by atoms with Crippen LogP contribution in [0.15, 0.2) is 28.9 Å². The van der Waals surface area contributed by atoms with Gasteiger partial charge in [0.1, 0.15) is 6.10 Å². The minimum absolute atomic E-state index is 0.144. The predicted octanol–water partition coefficient (Wildman–Crippen LogP) is 1.21. The Labute approximate surface area is 109 Å². The third kappa shape index (κ3) is 2.69. The highest BCUT2D eigenvalue weighted by atomic mass is 79.9. The van der Waals surface area contributed by atoms with E-state index in [0.29, 0.717) is 16.6 Å². The Morgan fingerprint density at radius 3 is 2.76 bits per heavy atom. The van der Waals surface area contributed by atoms with E-state index >= 15 is 0 Å². The lowest BCUT2D eigenvalue weighted by molar-refractivity contribution is -0.177. The fourth-order valence-corrected chi connectivity index (χ4v) is 2.11. The van der Waals surface area contributed by atoms with Gasteiger partial charge >= 0.3 is 0 Å². The summed E-state index contributed by atoms with van der Waals surface area (Å²) >= 11 is 3.20. The summed E-state index contributed by atoms with van der Waals surface area (Å²) in [6, 6.07) is -0.406. The highest BCUT2D eigenvalue weighted by Gasteiger charge is 2.51. The second kappa shape index (κ2) is 5.65. The summed E-state index contributed by atoms with van der Waals surface area (Å²) < 4.78 is 5.76. The first-order valence-corrected chi connectivity index (χ1v) is 5.94. The molecule has 0 unspecified atom stereocenters. The summed E-state index contributed by atoms with van der Waals surface area (Å²) in [7, 11) is 1.45. The Morgan fingerprint density at radius 2 is 2.35 bits per heavy atom. The number of aliphatic hydroxyl groups is 1. The van der Waals surface area contributed by atoms with Gasteiger partial charge in [0.25, 0.3) is 5.91 Å². The van der Waals surface area contributed by atoms with Crippen molar-refractivity contribution in [3.63, 3.8) is 0 Å². The Balaban J connectivity index is 2.88. The van der Waals surface area contributed by atoms with Crippen molar-refractivity contribution in [2.75, 3.05) is 13.7 Å². The summed E-state index contributed by atoms with van der Waals surface area (Å²) in [4.78, 5) is 13.3. The van der Waals surface area contributed by atoms with Crippen molar-refractivity contribution in [2.45, 2.75) is 25.2 Å². The topological polar surface area (TPSA) is 49.8 Å². The molecule has 0 aromatic carbocycles. The lowest BCUT2D eigenvalue weighted by Crippen LogP contribution is -2.69. The number of rotatable bonds is 5. The van der Waals surface area contributed by atoms with Crippen LogP contribution in [0, 0.1) is 0 Å². The number of hydrogen-bond acceptors (Lipinski definition) is 3. The molecule has 1 amide bonds. The van der Waals surface area contributed by atoms with Crippen LogP contribution < -0.4 is 0 Å². The van der Waals surface area contributed by atoms with Crippen LogP contribution >= 0.6 is 15.9 Å². The first-order chi connectivity index (χ1) is 7.93. The fourth-order valence-electron chi connectivity index (χ4n) is 1.84. The number of likely N-dealkylation sites (tertiary alicyclic amines) is 1. The number of hydrogen-bond donors (Lipinski definition) is 1. The molecule has 0 saturated carbocycles. The molecule has 1 heterocycles. The summed E-state index contributed by atoms with van der Waals surface area (Å²) in [5.41, 5.74) is 3.23. The number of aliphatic hydroxyl groups excluding tert-OH is 1. The third-order valence-corrected chi connectivity index (χ3v) is 3.09. The quantitative estimate of drug-likeness (QED) is 0.613. The monoisotopic (exact) mass is 301 g/mol. The van der Waals surface area contributed by atoms with Crippen molar-refractivity contribution in [3.8, 4) is 0 Å². The van der Waals surface area contributed by atoms with Crippen molar-refractivity contribution in [2.24, 2.45) is 0 Å². The highest BCUT2D eigenvalue weighted by Crippen LogP contribution is 2.29. The second-order valence-corrected chi connectivity index (χ2v) is 5.06. The average molecular weight is 302 g/mol. The Hall–Kier alpha value is -0.870. The van der Waals surface area contributed by atoms with E-state index in [1.54, 1.807) is 6.92 Å². The number of methoxy groups -OCH3 is 1. The molecule has 0 aromatic heterocycles. The number of nitrogens with zero attached hydrogens (tertiary/aromatic N) is 1. The Kier molecular flexibility index (Phi) is 4.71. The summed E-state index contributed by atoms with van der Waals surface area (Å²) in [6.07, 6.45) is -1.43. The van der Waals surface area contributed by atoms with Gasteiger partial charge in [-0.1, -0.05) is 29.1 Å². The van der Waals surface area contributed by atoms with Gasteiger partial charge in [0, 0.05) is 11.6 Å². The molecular weight excluding hydrogens is 286 g/mol. The van der Waals surface area contributed by atoms with Crippen molar-refractivity contribution in [1.82, 2.24) is 4.90 Å². The zero-order chi connectivity index (χ0) is 13.2. The average Bonchev–Trinajstić information content (AvgIpc) is 2.30. The van der Waals surface area contributed by atoms with Crippen LogP contribution in [0.2, 0.25) is 0 Å². The smallest absolute Gasteiger partial charge is 0.254 e. The minimum Gasteiger partial charge on any atom is -0.386 e. The minimum atomic E-state index is -0.818. The molecule has 0 radical (unpaired) electrons. The molecule has 1 fully saturated rings. The SMILES string of the molecule is C=C=C(C)[C@@H](O)[C@H]1[C@@H](OC)C(=O)N1CC(=C)Br. The molecule has 1 saturated heterocycles. The largest absolute Gasteiger partial charge is 0.386 e. The van der Waals surface area contributed by atoms with Crippen LogP contribution in [0.4, 0.5) is 0 Å². The van der Waals surface area contributed by atoms with Gasteiger partial charge in [0.05, 0.1) is 12.6 Å². The maximum atomic E-state index is 11.7. The van der Waals surface area contributed by atoms with E-state index in [9.17, 15) is 9.90 Å². The normalized spacial score (nSPS) is 24.9. The van der Waals surface area contributed by atoms with Gasteiger partial charge in [-0.3, -0.25) is 4.79 Å². The molecule has 0 aliphatic carbocycles. The van der Waals surface area contributed by atoms with Gasteiger partial charge < -0.3 is 14.7 Å². The van der Waals surface area contributed by atoms with Crippen LogP contribution in [-0.2, 0) is 9.53 Å². The van der Waals surface area contributed by atoms with Crippen LogP contribution in [-0.4, -0.2) is 47.8 Å². The molecule has 1 aliphatic heterocycles. The molecule has 17 heavy (non-hydrogen) atoms. The second-order valence-electron chi connectivity index (χ2n) is 3.93. The van der Waals surface area contributed by atoms with Crippen LogP contribution in [0.3, 0.4) is 0 Å². The number of carbonyl (C=O) groups excluding carboxylic acids is 1. The summed E-state index contributed by atoms with van der Waals surface area (Å²) in [6.45, 7) is 9.24. The van der Waals surface area contributed by atoms with Crippen LogP contribution in [0.5, 0.6) is 0 Å². The molecule has 1 rings (SSSR count). The van der Waals surface area contributed by atoms with Crippen molar-refractivity contribution in [1.29, 1.82) is 0 Å². The van der Waals surface area contributed by atoms with Crippen molar-refractivity contribution >= 4 is 21.8 Å². The number of ether oxygens (including phenoxy) is 1. The number of carbonyl (C=O) groups is 1. The standard InChI is InChI=1S/C12H16BrNO3/c1-5-7(2)10(15)9-11(17-4)12(16)14(9)6-8(3)13/h9-11,15H,1,3,6H2,2,4H3/t9-,10+,11+/m0/s1. The number of amides is 1. The van der Waals surface area contributed by atoms with E-state index in [1.165, 1.54) is 12.0 Å². The number of β-lactam (4-membered cyclic amide) rings is 1. The van der Waals surface area contributed by atoms with E-state index in [1.807, 2.05) is 0 Å². The summed E-state index contributed by atoms with van der Waals surface area (Å²) in [5, 5.41) is 10.1. The van der Waals surface area contributed by atoms with E-state index in [4.69, 9.17) is 4.74 Å². The zero-order valence-electron chi connectivity index (χ0n) is 9.94. The Bertz CT molecular complexity index is 387. The van der Waals surface area contributed by atoms with Gasteiger partial charge in [0.2, 0.25) is 0 Å². The van der Waals surface area contributed by atoms with Gasteiger partial charge in [0.15, 0.2) is 6.10 Å². The molecule has 0 spiro atoms. The van der Waals surface area contributed by atoms with Crippen molar-refractivity contribution < 1.29 is 14.6 Å². The highest BCUT2D eigenvalue weighted by molar-refractivity contribution is 9.11. The molecule has 0 bridgehead atoms. The predicted molar refractivity (Wildman–Crippen MR) is 68.7 cm³/mol. The maximum Gasteiger partial charge on any atom is 0.254 e. The fraction of sp³-hybridized carbons (Fsp3) is 0.500. The van der Waals surface area contributed by atoms with Gasteiger partial charge in [-0.15, -0.1) is 5.73 Å². The van der Waals surface area contributed by atoms with E-state index in [2.05, 4.69) is 34.8 Å². The number of halogens is 1. The molecule has 1 N–H and O–H groups in total. The van der Waals surface area contributed by atoms with E-state index in [0.717, 1.165) is 0 Å². The maximum absolute atomic E-state index is 11.7. The molecule has 5 heteroatoms. The van der Waals surface area contributed by atoms with Gasteiger partial charge in [-0.25, -0.2) is 0 Å². The molecule has 0 aromatic rings. The van der Waals surface area contributed by atoms with Crippen LogP contribution in [0.25, 0.3) is 0 Å². The molecular formula is C12H16BrNO3. The lowest BCUT2D eigenvalue weighted by atomic mass is 9.89. The van der Waals surface area contributed by atoms with E-state index in [-0.39, 0.29) is 5.91 Å². The first kappa shape index (κ1) is 14.2. The third-order valence-electron chi connectivity index (χ3n) is 2.84. The molecule has 94 valence electrons. The van der Waals surface area contributed by atoms with Gasteiger partial charge in [-0.2, -0.15) is 0 Å². The van der Waals surface area contributed by atoms with Crippen LogP contribution in [0.1, 0.15) is 6.92 Å². The summed E-state index contributed by atoms with van der Waals surface area (Å²) in [5.74, 6) is -0.144. The van der Waals surface area contributed by atoms with Crippen molar-refractivity contribution in [3.05, 3.63) is 28.9 Å². The zero-order valence-corrected chi connectivity index (χ0v) is 11.5. The Morgan fingerprint density at radius 1 is 1.76 bits per heavy atom. The molecule has 4 nitrogen and oxygen atoms in total. The van der Waals surface area contributed by atoms with Gasteiger partial charge in [-0.05, 0) is 12.5 Å². The molecule has 3 atom stereocenters. The lowest BCUT2D eigenvalue weighted by Gasteiger charge is -2.48. The molecule has 1 aliphatic rings.